The predicted molar refractivity (Wildman–Crippen MR) is 112 cm³/mol. The van der Waals surface area contributed by atoms with Gasteiger partial charge in [-0.15, -0.1) is 8.78 Å². The number of carbonyl (C=O) groups excluding carboxylic acids is 2. The number of rotatable bonds is 6. The SMILES string of the molecule is COc1ccc2c(c1)C(OC(=O)c1ccccc1)(C(F)(F)[N+](=O)[O-])C(=O)N2c1ccccc1. The lowest BCUT2D eigenvalue weighted by Crippen LogP contribution is -2.58. The summed E-state index contributed by atoms with van der Waals surface area (Å²) in [6.07, 6.45) is 0. The van der Waals surface area contributed by atoms with Crippen LogP contribution >= 0.6 is 0 Å². The number of amides is 1. The van der Waals surface area contributed by atoms with E-state index in [-0.39, 0.29) is 22.7 Å². The number of hydrogen-bond acceptors (Lipinski definition) is 6. The molecule has 0 N–H and O–H groups in total. The van der Waals surface area contributed by atoms with E-state index >= 15 is 8.78 Å². The van der Waals surface area contributed by atoms with Gasteiger partial charge in [0.2, 0.25) is 0 Å². The van der Waals surface area contributed by atoms with Gasteiger partial charge in [0.05, 0.1) is 18.4 Å². The van der Waals surface area contributed by atoms with Crippen molar-refractivity contribution in [2.45, 2.75) is 11.6 Å². The molecular weight excluding hydrogens is 438 g/mol. The van der Waals surface area contributed by atoms with Crippen LogP contribution < -0.4 is 9.64 Å². The number of carbonyl (C=O) groups is 2. The average Bonchev–Trinajstić information content (AvgIpc) is 3.08. The first-order valence-electron chi connectivity index (χ1n) is 9.63. The van der Waals surface area contributed by atoms with Crippen LogP contribution in [0.15, 0.2) is 78.9 Å². The number of nitrogens with zero attached hydrogens (tertiary/aromatic N) is 2. The quantitative estimate of drug-likeness (QED) is 0.238. The monoisotopic (exact) mass is 454 g/mol. The largest absolute Gasteiger partial charge is 0.565 e. The maximum atomic E-state index is 15.4. The van der Waals surface area contributed by atoms with Crippen molar-refractivity contribution in [2.24, 2.45) is 0 Å². The summed E-state index contributed by atoms with van der Waals surface area (Å²) in [6, 6.07) is 13.5. The summed E-state index contributed by atoms with van der Waals surface area (Å²) in [7, 11) is 1.26. The Labute approximate surface area is 186 Å². The summed E-state index contributed by atoms with van der Waals surface area (Å²) >= 11 is 0. The molecule has 0 saturated carbocycles. The molecule has 0 spiro atoms. The smallest absolute Gasteiger partial charge is 0.497 e. The third kappa shape index (κ3) is 3.27. The maximum Gasteiger partial charge on any atom is 0.565 e. The second-order valence-corrected chi connectivity index (χ2v) is 7.09. The van der Waals surface area contributed by atoms with Gasteiger partial charge in [-0.2, -0.15) is 0 Å². The minimum atomic E-state index is -5.01. The summed E-state index contributed by atoms with van der Waals surface area (Å²) in [5.41, 5.74) is -4.25. The lowest BCUT2D eigenvalue weighted by atomic mass is 9.92. The minimum absolute atomic E-state index is 0.0377. The standard InChI is InChI=1S/C23H16F2N2O6/c1-32-17-12-13-19-18(14-17)22(23(24,25)27(30)31,33-20(28)15-8-4-2-5-9-15)21(29)26(19)16-10-6-3-7-11-16/h2-14H,1H3. The first kappa shape index (κ1) is 21.9. The van der Waals surface area contributed by atoms with E-state index in [9.17, 15) is 19.7 Å². The summed E-state index contributed by atoms with van der Waals surface area (Å²) in [5.74, 6) is -2.77. The highest BCUT2D eigenvalue weighted by Gasteiger charge is 2.78. The molecule has 10 heteroatoms. The summed E-state index contributed by atoms with van der Waals surface area (Å²) in [5, 5.41) is 11.5. The highest BCUT2D eigenvalue weighted by molar-refractivity contribution is 6.14. The zero-order valence-electron chi connectivity index (χ0n) is 17.1. The first-order chi connectivity index (χ1) is 15.7. The Morgan fingerprint density at radius 2 is 1.64 bits per heavy atom. The number of fused-ring (bicyclic) bond motifs is 1. The summed E-state index contributed by atoms with van der Waals surface area (Å²) in [6.45, 7) is 0. The topological polar surface area (TPSA) is 99.0 Å². The van der Waals surface area contributed by atoms with Crippen molar-refractivity contribution in [3.8, 4) is 5.75 Å². The number of hydrogen-bond donors (Lipinski definition) is 0. The van der Waals surface area contributed by atoms with Crippen LogP contribution in [0.3, 0.4) is 0 Å². The number of para-hydroxylation sites is 1. The summed E-state index contributed by atoms with van der Waals surface area (Å²) in [4.78, 5) is 37.0. The van der Waals surface area contributed by atoms with Gasteiger partial charge in [-0.25, -0.2) is 4.79 Å². The number of alkyl halides is 2. The molecule has 1 atom stereocenters. The van der Waals surface area contributed by atoms with Crippen LogP contribution in [-0.2, 0) is 15.1 Å². The number of nitro groups is 1. The fourth-order valence-electron chi connectivity index (χ4n) is 3.69. The van der Waals surface area contributed by atoms with E-state index in [1.54, 1.807) is 24.3 Å². The Morgan fingerprint density at radius 3 is 2.21 bits per heavy atom. The molecule has 4 rings (SSSR count). The summed E-state index contributed by atoms with van der Waals surface area (Å²) < 4.78 is 41.0. The first-order valence-corrected chi connectivity index (χ1v) is 9.63. The third-order valence-electron chi connectivity index (χ3n) is 5.25. The molecule has 1 unspecified atom stereocenters. The lowest BCUT2D eigenvalue weighted by Gasteiger charge is -2.29. The van der Waals surface area contributed by atoms with Crippen LogP contribution in [0, 0.1) is 10.1 Å². The van der Waals surface area contributed by atoms with Gasteiger partial charge in [0.15, 0.2) is 0 Å². The van der Waals surface area contributed by atoms with Gasteiger partial charge >= 0.3 is 17.6 Å². The highest BCUT2D eigenvalue weighted by Crippen LogP contribution is 2.54. The number of halogens is 2. The Balaban J connectivity index is 2.00. The van der Waals surface area contributed by atoms with Gasteiger partial charge in [-0.05, 0) is 42.5 Å². The van der Waals surface area contributed by atoms with Crippen LogP contribution in [0.25, 0.3) is 0 Å². The number of benzene rings is 3. The number of methoxy groups -OCH3 is 1. The van der Waals surface area contributed by atoms with Gasteiger partial charge < -0.3 is 9.47 Å². The Kier molecular flexibility index (Phi) is 5.28. The molecule has 0 saturated heterocycles. The van der Waals surface area contributed by atoms with E-state index in [1.165, 1.54) is 55.6 Å². The Bertz CT molecular complexity index is 1240. The van der Waals surface area contributed by atoms with Crippen LogP contribution in [0.1, 0.15) is 15.9 Å². The van der Waals surface area contributed by atoms with Gasteiger partial charge in [0, 0.05) is 11.3 Å². The number of esters is 1. The second-order valence-electron chi connectivity index (χ2n) is 7.09. The Hall–Kier alpha value is -4.34. The Morgan fingerprint density at radius 1 is 1.03 bits per heavy atom. The molecule has 0 radical (unpaired) electrons. The van der Waals surface area contributed by atoms with Crippen LogP contribution in [-0.4, -0.2) is 30.0 Å². The molecule has 1 heterocycles. The van der Waals surface area contributed by atoms with E-state index in [2.05, 4.69) is 0 Å². The van der Waals surface area contributed by atoms with Gasteiger partial charge in [-0.3, -0.25) is 19.8 Å². The van der Waals surface area contributed by atoms with Crippen LogP contribution in [0.4, 0.5) is 20.2 Å². The van der Waals surface area contributed by atoms with Crippen LogP contribution in [0.2, 0.25) is 0 Å². The molecular formula is C23H16F2N2O6. The molecule has 3 aromatic rings. The van der Waals surface area contributed by atoms with E-state index in [0.717, 1.165) is 11.0 Å². The zero-order valence-corrected chi connectivity index (χ0v) is 17.1. The molecule has 1 aliphatic heterocycles. The molecule has 8 nitrogen and oxygen atoms in total. The van der Waals surface area contributed by atoms with E-state index < -0.39 is 34.0 Å². The third-order valence-corrected chi connectivity index (χ3v) is 5.25. The molecule has 0 aliphatic carbocycles. The molecule has 0 bridgehead atoms. The molecule has 0 fully saturated rings. The normalized spacial score (nSPS) is 17.4. The van der Waals surface area contributed by atoms with Crippen molar-refractivity contribution in [3.05, 3.63) is 100 Å². The van der Waals surface area contributed by atoms with Crippen LogP contribution in [0.5, 0.6) is 5.75 Å². The van der Waals surface area contributed by atoms with Gasteiger partial charge in [-0.1, -0.05) is 36.4 Å². The fraction of sp³-hybridized carbons (Fsp3) is 0.130. The average molecular weight is 454 g/mol. The van der Waals surface area contributed by atoms with Crippen molar-refractivity contribution in [1.82, 2.24) is 0 Å². The van der Waals surface area contributed by atoms with E-state index in [4.69, 9.17) is 9.47 Å². The van der Waals surface area contributed by atoms with Gasteiger partial charge in [0.25, 0.3) is 5.91 Å². The molecule has 1 aliphatic rings. The predicted octanol–water partition coefficient (Wildman–Crippen LogP) is 4.30. The molecule has 1 amide bonds. The van der Waals surface area contributed by atoms with Crippen molar-refractivity contribution in [2.75, 3.05) is 12.0 Å². The second kappa shape index (κ2) is 7.97. The number of ether oxygens (including phenoxy) is 2. The molecule has 33 heavy (non-hydrogen) atoms. The van der Waals surface area contributed by atoms with Crippen molar-refractivity contribution < 1.29 is 32.8 Å². The number of anilines is 2. The molecule has 3 aromatic carbocycles. The highest BCUT2D eigenvalue weighted by atomic mass is 19.3. The minimum Gasteiger partial charge on any atom is -0.497 e. The fourth-order valence-corrected chi connectivity index (χ4v) is 3.69. The zero-order chi connectivity index (χ0) is 23.8. The molecule has 168 valence electrons. The van der Waals surface area contributed by atoms with E-state index in [1.807, 2.05) is 0 Å². The van der Waals surface area contributed by atoms with Crippen molar-refractivity contribution >= 4 is 23.3 Å². The van der Waals surface area contributed by atoms with E-state index in [0.29, 0.717) is 0 Å². The van der Waals surface area contributed by atoms with Crippen molar-refractivity contribution in [3.63, 3.8) is 0 Å². The van der Waals surface area contributed by atoms with Crippen molar-refractivity contribution in [1.29, 1.82) is 0 Å². The maximum absolute atomic E-state index is 15.4. The lowest BCUT2D eigenvalue weighted by molar-refractivity contribution is -0.666. The molecule has 0 aromatic heterocycles. The van der Waals surface area contributed by atoms with Gasteiger partial charge in [0.1, 0.15) is 10.7 Å².